The molecule has 0 unspecified atom stereocenters. The van der Waals surface area contributed by atoms with E-state index in [1.165, 1.54) is 7.11 Å². The zero-order valence-electron chi connectivity index (χ0n) is 18.7. The summed E-state index contributed by atoms with van der Waals surface area (Å²) >= 11 is 0.906. The van der Waals surface area contributed by atoms with E-state index in [4.69, 9.17) is 19.9 Å². The maximum absolute atomic E-state index is 12.5. The Balaban J connectivity index is 2.04. The van der Waals surface area contributed by atoms with E-state index in [-0.39, 0.29) is 35.2 Å². The Morgan fingerprint density at radius 3 is 2.27 bits per heavy atom. The first-order valence-electron chi connectivity index (χ1n) is 10.2. The molecule has 0 aliphatic carbocycles. The summed E-state index contributed by atoms with van der Waals surface area (Å²) in [6, 6.07) is 6.48. The predicted octanol–water partition coefficient (Wildman–Crippen LogP) is 2.58. The molecular formula is C22H27N3O7S. The Kier molecular flexibility index (Phi) is 9.83. The minimum absolute atomic E-state index is 0.0213. The van der Waals surface area contributed by atoms with Gasteiger partial charge in [-0.3, -0.25) is 9.59 Å². The second-order valence-corrected chi connectivity index (χ2v) is 7.89. The average Bonchev–Trinajstić information content (AvgIpc) is 3.12. The third kappa shape index (κ3) is 7.29. The lowest BCUT2D eigenvalue weighted by Gasteiger charge is -2.10. The van der Waals surface area contributed by atoms with E-state index in [1.54, 1.807) is 31.2 Å². The number of esters is 2. The third-order valence-electron chi connectivity index (χ3n) is 4.36. The van der Waals surface area contributed by atoms with Gasteiger partial charge in [0.15, 0.2) is 0 Å². The molecule has 33 heavy (non-hydrogen) atoms. The van der Waals surface area contributed by atoms with Crippen LogP contribution in [0.2, 0.25) is 0 Å². The molecule has 2 rings (SSSR count). The molecule has 0 atom stereocenters. The first kappa shape index (κ1) is 25.8. The van der Waals surface area contributed by atoms with Crippen LogP contribution < -0.4 is 16.4 Å². The summed E-state index contributed by atoms with van der Waals surface area (Å²) in [7, 11) is 1.47. The molecule has 1 aromatic carbocycles. The number of carbonyl (C=O) groups is 4. The standard InChI is InChI=1S/C22H27N3O7S/c1-4-9-31-21(28)14-5-7-15(8-6-14)24-12-16(26)25-20-17(22(29)32-11-10-30-3)13(2)18(33-20)19(23)27/h5-8,24H,4,9-12H2,1-3H3,(H2,23,27)(H,25,26). The van der Waals surface area contributed by atoms with E-state index < -0.39 is 23.8 Å². The summed E-state index contributed by atoms with van der Waals surface area (Å²) in [6.45, 7) is 3.92. The SMILES string of the molecule is CCCOC(=O)c1ccc(NCC(=O)Nc2sc(C(N)=O)c(C)c2C(=O)OCCOC)cc1. The molecule has 0 aliphatic heterocycles. The van der Waals surface area contributed by atoms with Gasteiger partial charge in [-0.1, -0.05) is 6.92 Å². The third-order valence-corrected chi connectivity index (χ3v) is 5.58. The van der Waals surface area contributed by atoms with Crippen LogP contribution in [0.15, 0.2) is 24.3 Å². The number of ether oxygens (including phenoxy) is 3. The fourth-order valence-corrected chi connectivity index (χ4v) is 3.79. The Hall–Kier alpha value is -3.44. The van der Waals surface area contributed by atoms with E-state index in [1.807, 2.05) is 6.92 Å². The number of anilines is 2. The summed E-state index contributed by atoms with van der Waals surface area (Å²) in [4.78, 5) is 48.7. The van der Waals surface area contributed by atoms with E-state index in [0.717, 1.165) is 17.8 Å². The number of hydrogen-bond acceptors (Lipinski definition) is 9. The monoisotopic (exact) mass is 477 g/mol. The molecule has 178 valence electrons. The van der Waals surface area contributed by atoms with Crippen molar-refractivity contribution in [3.05, 3.63) is 45.8 Å². The van der Waals surface area contributed by atoms with Gasteiger partial charge in [-0.15, -0.1) is 11.3 Å². The summed E-state index contributed by atoms with van der Waals surface area (Å²) in [6.07, 6.45) is 0.734. The van der Waals surface area contributed by atoms with Crippen molar-refractivity contribution in [1.82, 2.24) is 0 Å². The smallest absolute Gasteiger partial charge is 0.341 e. The lowest BCUT2D eigenvalue weighted by atomic mass is 10.1. The number of hydrogen-bond donors (Lipinski definition) is 3. The van der Waals surface area contributed by atoms with Gasteiger partial charge < -0.3 is 30.6 Å². The number of carbonyl (C=O) groups excluding carboxylic acids is 4. The highest BCUT2D eigenvalue weighted by Gasteiger charge is 2.25. The van der Waals surface area contributed by atoms with Gasteiger partial charge in [0, 0.05) is 12.8 Å². The summed E-state index contributed by atoms with van der Waals surface area (Å²) in [5.41, 5.74) is 6.81. The Morgan fingerprint density at radius 2 is 1.67 bits per heavy atom. The van der Waals surface area contributed by atoms with Gasteiger partial charge in [-0.25, -0.2) is 9.59 Å². The first-order valence-corrected chi connectivity index (χ1v) is 11.0. The van der Waals surface area contributed by atoms with Crippen LogP contribution in [0.3, 0.4) is 0 Å². The normalized spacial score (nSPS) is 10.4. The average molecular weight is 478 g/mol. The highest BCUT2D eigenvalue weighted by molar-refractivity contribution is 7.18. The predicted molar refractivity (Wildman–Crippen MR) is 124 cm³/mol. The minimum atomic E-state index is -0.709. The Labute approximate surface area is 195 Å². The highest BCUT2D eigenvalue weighted by atomic mass is 32.1. The first-order chi connectivity index (χ1) is 15.8. The molecular weight excluding hydrogens is 450 g/mol. The van der Waals surface area contributed by atoms with Crippen molar-refractivity contribution in [1.29, 1.82) is 0 Å². The highest BCUT2D eigenvalue weighted by Crippen LogP contribution is 2.33. The quantitative estimate of drug-likeness (QED) is 0.312. The fourth-order valence-electron chi connectivity index (χ4n) is 2.73. The summed E-state index contributed by atoms with van der Waals surface area (Å²) in [5.74, 6) is -2.27. The molecule has 0 saturated heterocycles. The molecule has 2 amide bonds. The number of nitrogens with one attached hydrogen (secondary N) is 2. The second-order valence-electron chi connectivity index (χ2n) is 6.87. The van der Waals surface area contributed by atoms with Crippen LogP contribution in [-0.2, 0) is 19.0 Å². The molecule has 0 aliphatic rings. The summed E-state index contributed by atoms with van der Waals surface area (Å²) < 4.78 is 15.1. The maximum atomic E-state index is 12.5. The van der Waals surface area contributed by atoms with E-state index in [2.05, 4.69) is 10.6 Å². The van der Waals surface area contributed by atoms with E-state index in [0.29, 0.717) is 23.4 Å². The Morgan fingerprint density at radius 1 is 1.00 bits per heavy atom. The van der Waals surface area contributed by atoms with Crippen molar-refractivity contribution in [2.24, 2.45) is 5.73 Å². The van der Waals surface area contributed by atoms with Crippen LogP contribution >= 0.6 is 11.3 Å². The van der Waals surface area contributed by atoms with Gasteiger partial charge in [0.25, 0.3) is 5.91 Å². The van der Waals surface area contributed by atoms with Gasteiger partial charge in [0.05, 0.1) is 35.8 Å². The molecule has 0 bridgehead atoms. The maximum Gasteiger partial charge on any atom is 0.341 e. The van der Waals surface area contributed by atoms with Gasteiger partial charge in [-0.05, 0) is 43.2 Å². The number of methoxy groups -OCH3 is 1. The topological polar surface area (TPSA) is 146 Å². The van der Waals surface area contributed by atoms with Gasteiger partial charge >= 0.3 is 11.9 Å². The number of rotatable bonds is 12. The largest absolute Gasteiger partial charge is 0.462 e. The zero-order chi connectivity index (χ0) is 24.4. The molecule has 1 aromatic heterocycles. The van der Waals surface area contributed by atoms with Crippen LogP contribution in [0.4, 0.5) is 10.7 Å². The van der Waals surface area contributed by atoms with E-state index in [9.17, 15) is 19.2 Å². The lowest BCUT2D eigenvalue weighted by Crippen LogP contribution is -2.22. The number of thiophene rings is 1. The van der Waals surface area contributed by atoms with Crippen molar-refractivity contribution in [3.8, 4) is 0 Å². The van der Waals surface area contributed by atoms with Crippen LogP contribution in [0.25, 0.3) is 0 Å². The molecule has 0 radical (unpaired) electrons. The molecule has 0 saturated carbocycles. The van der Waals surface area contributed by atoms with Crippen molar-refractivity contribution in [3.63, 3.8) is 0 Å². The number of nitrogens with two attached hydrogens (primary N) is 1. The zero-order valence-corrected chi connectivity index (χ0v) is 19.5. The molecule has 11 heteroatoms. The van der Waals surface area contributed by atoms with Crippen molar-refractivity contribution < 1.29 is 33.4 Å². The van der Waals surface area contributed by atoms with Crippen molar-refractivity contribution in [2.45, 2.75) is 20.3 Å². The number of benzene rings is 1. The van der Waals surface area contributed by atoms with Crippen LogP contribution in [-0.4, -0.2) is 57.2 Å². The lowest BCUT2D eigenvalue weighted by molar-refractivity contribution is -0.114. The van der Waals surface area contributed by atoms with Gasteiger partial charge in [-0.2, -0.15) is 0 Å². The van der Waals surface area contributed by atoms with Crippen LogP contribution in [0.5, 0.6) is 0 Å². The molecule has 0 spiro atoms. The number of amides is 2. The van der Waals surface area contributed by atoms with E-state index >= 15 is 0 Å². The molecule has 10 nitrogen and oxygen atoms in total. The van der Waals surface area contributed by atoms with Crippen molar-refractivity contribution in [2.75, 3.05) is 44.1 Å². The van der Waals surface area contributed by atoms with Crippen LogP contribution in [0.1, 0.15) is 49.3 Å². The second kappa shape index (κ2) is 12.6. The Bertz CT molecular complexity index is 1000. The molecule has 4 N–H and O–H groups in total. The summed E-state index contributed by atoms with van der Waals surface area (Å²) in [5, 5.41) is 5.72. The minimum Gasteiger partial charge on any atom is -0.462 e. The molecule has 2 aromatic rings. The number of primary amides is 1. The van der Waals surface area contributed by atoms with Crippen LogP contribution in [0, 0.1) is 6.92 Å². The van der Waals surface area contributed by atoms with Gasteiger partial charge in [0.2, 0.25) is 5.91 Å². The van der Waals surface area contributed by atoms with Gasteiger partial charge in [0.1, 0.15) is 11.6 Å². The fraction of sp³-hybridized carbons (Fsp3) is 0.364. The molecule has 1 heterocycles. The molecule has 0 fully saturated rings. The van der Waals surface area contributed by atoms with Crippen molar-refractivity contribution >= 4 is 45.8 Å².